The van der Waals surface area contributed by atoms with E-state index < -0.39 is 24.3 Å². The van der Waals surface area contributed by atoms with E-state index in [-0.39, 0.29) is 12.5 Å². The van der Waals surface area contributed by atoms with Crippen molar-refractivity contribution in [3.05, 3.63) is 5.82 Å². The molecule has 0 saturated heterocycles. The summed E-state index contributed by atoms with van der Waals surface area (Å²) in [5.74, 6) is -2.95. The highest BCUT2D eigenvalue weighted by atomic mass is 16.4. The Morgan fingerprint density at radius 2 is 2.12 bits per heavy atom. The van der Waals surface area contributed by atoms with Crippen molar-refractivity contribution in [3.63, 3.8) is 0 Å². The molecule has 8 nitrogen and oxygen atoms in total. The second-order valence-corrected chi connectivity index (χ2v) is 3.33. The van der Waals surface area contributed by atoms with Crippen LogP contribution in [0.1, 0.15) is 12.2 Å². The Kier molecular flexibility index (Phi) is 3.44. The highest BCUT2D eigenvalue weighted by Crippen LogP contribution is 2.10. The third-order valence-corrected chi connectivity index (χ3v) is 1.97. The maximum Gasteiger partial charge on any atom is 0.308 e. The number of nitrogen functional groups attached to an aromatic ring is 1. The molecule has 0 aromatic carbocycles. The van der Waals surface area contributed by atoms with Crippen molar-refractivity contribution < 1.29 is 19.8 Å². The molecule has 1 aromatic heterocycles. The fourth-order valence-corrected chi connectivity index (χ4v) is 1.26. The zero-order valence-electron chi connectivity index (χ0n) is 8.62. The van der Waals surface area contributed by atoms with E-state index in [2.05, 4.69) is 10.1 Å². The average molecular weight is 228 g/mol. The molecular weight excluding hydrogens is 216 g/mol. The van der Waals surface area contributed by atoms with Crippen LogP contribution in [-0.4, -0.2) is 36.9 Å². The lowest BCUT2D eigenvalue weighted by atomic mass is 10.1. The fourth-order valence-electron chi connectivity index (χ4n) is 1.26. The number of carboxylic acids is 2. The normalized spacial score (nSPS) is 12.3. The predicted molar refractivity (Wildman–Crippen MR) is 52.6 cm³/mol. The standard InChI is InChI=1S/C8H12N4O4/c1-4-10-8(9)12(11-4)3-5(7(15)16)2-6(13)14/h5H,2-3H2,1H3,(H,13,14)(H,15,16)(H2,9,10,11)/t5-/m1/s1. The van der Waals surface area contributed by atoms with Gasteiger partial charge in [0.1, 0.15) is 5.82 Å². The van der Waals surface area contributed by atoms with Gasteiger partial charge in [-0.2, -0.15) is 10.1 Å². The third kappa shape index (κ3) is 2.94. The lowest BCUT2D eigenvalue weighted by molar-refractivity contribution is -0.148. The summed E-state index contributed by atoms with van der Waals surface area (Å²) < 4.78 is 1.19. The Morgan fingerprint density at radius 3 is 2.50 bits per heavy atom. The molecule has 0 aliphatic rings. The van der Waals surface area contributed by atoms with E-state index in [1.807, 2.05) is 0 Å². The molecule has 0 amide bonds. The fraction of sp³-hybridized carbons (Fsp3) is 0.500. The van der Waals surface area contributed by atoms with Crippen LogP contribution in [0.4, 0.5) is 5.95 Å². The topological polar surface area (TPSA) is 131 Å². The van der Waals surface area contributed by atoms with Crippen LogP contribution in [0, 0.1) is 12.8 Å². The lowest BCUT2D eigenvalue weighted by Crippen LogP contribution is -2.24. The van der Waals surface area contributed by atoms with Crippen LogP contribution >= 0.6 is 0 Å². The molecule has 4 N–H and O–H groups in total. The molecule has 0 bridgehead atoms. The summed E-state index contributed by atoms with van der Waals surface area (Å²) in [7, 11) is 0. The Balaban J connectivity index is 2.79. The molecule has 1 aromatic rings. The summed E-state index contributed by atoms with van der Waals surface area (Å²) in [6, 6.07) is 0. The molecule has 0 saturated carbocycles. The quantitative estimate of drug-likeness (QED) is 0.609. The molecule has 0 unspecified atom stereocenters. The number of rotatable bonds is 5. The minimum absolute atomic E-state index is 0.0779. The number of carboxylic acid groups (broad SMARTS) is 2. The summed E-state index contributed by atoms with van der Waals surface area (Å²) in [6.45, 7) is 1.51. The van der Waals surface area contributed by atoms with E-state index in [4.69, 9.17) is 15.9 Å². The summed E-state index contributed by atoms with van der Waals surface area (Å²) in [5.41, 5.74) is 5.47. The van der Waals surface area contributed by atoms with Gasteiger partial charge < -0.3 is 15.9 Å². The molecule has 0 aliphatic carbocycles. The first-order valence-electron chi connectivity index (χ1n) is 4.51. The van der Waals surface area contributed by atoms with Crippen LogP contribution in [0.15, 0.2) is 0 Å². The number of anilines is 1. The van der Waals surface area contributed by atoms with Gasteiger partial charge in [0.25, 0.3) is 0 Å². The number of aromatic nitrogens is 3. The van der Waals surface area contributed by atoms with Gasteiger partial charge in [0.2, 0.25) is 5.95 Å². The van der Waals surface area contributed by atoms with Gasteiger partial charge in [0.05, 0.1) is 18.9 Å². The van der Waals surface area contributed by atoms with Crippen molar-refractivity contribution in [1.29, 1.82) is 0 Å². The largest absolute Gasteiger partial charge is 0.481 e. The van der Waals surface area contributed by atoms with Gasteiger partial charge in [0.15, 0.2) is 0 Å². The van der Waals surface area contributed by atoms with Crippen molar-refractivity contribution in [1.82, 2.24) is 14.8 Å². The molecule has 0 aliphatic heterocycles. The first-order chi connectivity index (χ1) is 7.40. The van der Waals surface area contributed by atoms with E-state index in [1.165, 1.54) is 4.68 Å². The lowest BCUT2D eigenvalue weighted by Gasteiger charge is -2.09. The first-order valence-corrected chi connectivity index (χ1v) is 4.51. The zero-order valence-corrected chi connectivity index (χ0v) is 8.62. The number of aryl methyl sites for hydroxylation is 1. The SMILES string of the molecule is Cc1nc(N)n(C[C@@H](CC(=O)O)C(=O)O)n1. The molecule has 0 fully saturated rings. The molecule has 0 spiro atoms. The Bertz CT molecular complexity index is 414. The predicted octanol–water partition coefficient (Wildman–Crippen LogP) is -0.656. The van der Waals surface area contributed by atoms with Crippen LogP contribution in [0.3, 0.4) is 0 Å². The van der Waals surface area contributed by atoms with E-state index >= 15 is 0 Å². The number of aliphatic carboxylic acids is 2. The Labute approximate surface area is 90.7 Å². The molecule has 16 heavy (non-hydrogen) atoms. The highest BCUT2D eigenvalue weighted by molar-refractivity contribution is 5.77. The highest BCUT2D eigenvalue weighted by Gasteiger charge is 2.23. The van der Waals surface area contributed by atoms with Crippen molar-refractivity contribution in [3.8, 4) is 0 Å². The molecule has 88 valence electrons. The first kappa shape index (κ1) is 12.0. The van der Waals surface area contributed by atoms with Gasteiger partial charge in [-0.1, -0.05) is 0 Å². The van der Waals surface area contributed by atoms with Gasteiger partial charge >= 0.3 is 11.9 Å². The van der Waals surface area contributed by atoms with E-state index in [0.29, 0.717) is 5.82 Å². The summed E-state index contributed by atoms with van der Waals surface area (Å²) in [5, 5.41) is 21.2. The van der Waals surface area contributed by atoms with Crippen molar-refractivity contribution in [2.45, 2.75) is 19.9 Å². The molecule has 1 heterocycles. The van der Waals surface area contributed by atoms with Crippen LogP contribution in [0.2, 0.25) is 0 Å². The van der Waals surface area contributed by atoms with Gasteiger partial charge in [-0.25, -0.2) is 4.68 Å². The zero-order chi connectivity index (χ0) is 12.3. The maximum absolute atomic E-state index is 10.8. The Hall–Kier alpha value is -2.12. The van der Waals surface area contributed by atoms with Crippen LogP contribution in [0.5, 0.6) is 0 Å². The number of hydrogen-bond acceptors (Lipinski definition) is 5. The van der Waals surface area contributed by atoms with E-state index in [0.717, 1.165) is 0 Å². The Morgan fingerprint density at radius 1 is 1.50 bits per heavy atom. The number of carbonyl (C=O) groups is 2. The molecule has 1 rings (SSSR count). The molecule has 8 heteroatoms. The van der Waals surface area contributed by atoms with Crippen molar-refractivity contribution >= 4 is 17.9 Å². The van der Waals surface area contributed by atoms with Crippen LogP contribution in [0.25, 0.3) is 0 Å². The van der Waals surface area contributed by atoms with Crippen LogP contribution < -0.4 is 5.73 Å². The number of hydrogen-bond donors (Lipinski definition) is 3. The summed E-state index contributed by atoms with van der Waals surface area (Å²) in [6.07, 6.45) is -0.478. The minimum Gasteiger partial charge on any atom is -0.481 e. The molecular formula is C8H12N4O4. The third-order valence-electron chi connectivity index (χ3n) is 1.97. The van der Waals surface area contributed by atoms with E-state index in [1.54, 1.807) is 6.92 Å². The summed E-state index contributed by atoms with van der Waals surface area (Å²) in [4.78, 5) is 25.0. The summed E-state index contributed by atoms with van der Waals surface area (Å²) >= 11 is 0. The maximum atomic E-state index is 10.8. The number of nitrogens with zero attached hydrogens (tertiary/aromatic N) is 3. The van der Waals surface area contributed by atoms with Gasteiger partial charge in [-0.15, -0.1) is 0 Å². The second-order valence-electron chi connectivity index (χ2n) is 3.33. The van der Waals surface area contributed by atoms with Crippen molar-refractivity contribution in [2.24, 2.45) is 5.92 Å². The minimum atomic E-state index is -1.20. The monoisotopic (exact) mass is 228 g/mol. The second kappa shape index (κ2) is 4.60. The van der Waals surface area contributed by atoms with Gasteiger partial charge in [-0.05, 0) is 6.92 Å². The van der Waals surface area contributed by atoms with Gasteiger partial charge in [0, 0.05) is 0 Å². The molecule has 1 atom stereocenters. The van der Waals surface area contributed by atoms with Crippen LogP contribution in [-0.2, 0) is 16.1 Å². The molecule has 0 radical (unpaired) electrons. The number of nitrogens with two attached hydrogens (primary N) is 1. The van der Waals surface area contributed by atoms with E-state index in [9.17, 15) is 9.59 Å². The average Bonchev–Trinajstić information content (AvgIpc) is 2.43. The smallest absolute Gasteiger partial charge is 0.308 e. The van der Waals surface area contributed by atoms with Gasteiger partial charge in [-0.3, -0.25) is 9.59 Å². The van der Waals surface area contributed by atoms with Crippen molar-refractivity contribution in [2.75, 3.05) is 5.73 Å².